The summed E-state index contributed by atoms with van der Waals surface area (Å²) in [7, 11) is 0. The fourth-order valence-corrected chi connectivity index (χ4v) is 6.21. The minimum atomic E-state index is -0.0818. The number of piperidine rings is 1. The van der Waals surface area contributed by atoms with Crippen LogP contribution in [0.4, 0.5) is 5.13 Å². The summed E-state index contributed by atoms with van der Waals surface area (Å²) in [5.41, 5.74) is 4.09. The maximum Gasteiger partial charge on any atom is 0.278 e. The van der Waals surface area contributed by atoms with Crippen LogP contribution in [-0.2, 0) is 24.1 Å². The Morgan fingerprint density at radius 1 is 1.21 bits per heavy atom. The second kappa shape index (κ2) is 8.87. The first-order chi connectivity index (χ1) is 16.7. The lowest BCUT2D eigenvalue weighted by atomic mass is 9.97. The van der Waals surface area contributed by atoms with Crippen molar-refractivity contribution in [2.24, 2.45) is 5.92 Å². The molecule has 6 rings (SSSR count). The molecular formula is C25H28N6O2S. The minimum Gasteiger partial charge on any atom is -0.361 e. The number of rotatable bonds is 5. The molecular weight excluding hydrogens is 448 g/mol. The van der Waals surface area contributed by atoms with Gasteiger partial charge in [-0.05, 0) is 56.6 Å². The summed E-state index contributed by atoms with van der Waals surface area (Å²) < 4.78 is 1.47. The van der Waals surface area contributed by atoms with E-state index in [4.69, 9.17) is 4.98 Å². The highest BCUT2D eigenvalue weighted by Gasteiger charge is 2.28. The molecule has 9 heteroatoms. The number of para-hydroxylation sites is 1. The van der Waals surface area contributed by atoms with Crippen LogP contribution < -0.4 is 15.8 Å². The number of anilines is 1. The smallest absolute Gasteiger partial charge is 0.278 e. The Hall–Kier alpha value is -3.20. The molecule has 1 aliphatic heterocycles. The van der Waals surface area contributed by atoms with Crippen molar-refractivity contribution in [2.45, 2.75) is 44.9 Å². The maximum absolute atomic E-state index is 12.9. The molecule has 0 bridgehead atoms. The summed E-state index contributed by atoms with van der Waals surface area (Å²) in [4.78, 5) is 36.7. The van der Waals surface area contributed by atoms with Gasteiger partial charge in [0.1, 0.15) is 0 Å². The van der Waals surface area contributed by atoms with Gasteiger partial charge in [-0.1, -0.05) is 29.5 Å². The molecule has 2 N–H and O–H groups in total. The molecule has 1 aromatic carbocycles. The normalized spacial score (nSPS) is 18.4. The Bertz CT molecular complexity index is 1420. The molecule has 1 unspecified atom stereocenters. The van der Waals surface area contributed by atoms with E-state index in [1.165, 1.54) is 26.8 Å². The summed E-state index contributed by atoms with van der Waals surface area (Å²) >= 11 is 1.45. The number of aryl methyl sites for hydroxylation is 1. The maximum atomic E-state index is 12.9. The quantitative estimate of drug-likeness (QED) is 0.462. The molecule has 34 heavy (non-hydrogen) atoms. The Kier molecular flexibility index (Phi) is 5.57. The predicted octanol–water partition coefficient (Wildman–Crippen LogP) is 3.09. The fraction of sp³-hybridized carbons (Fsp3) is 0.440. The Labute approximate surface area is 201 Å². The first kappa shape index (κ1) is 21.3. The van der Waals surface area contributed by atoms with Crippen molar-refractivity contribution in [2.75, 3.05) is 24.5 Å². The molecule has 8 nitrogen and oxygen atoms in total. The summed E-state index contributed by atoms with van der Waals surface area (Å²) in [6, 6.07) is 8.23. The van der Waals surface area contributed by atoms with Crippen LogP contribution >= 0.6 is 11.3 Å². The van der Waals surface area contributed by atoms with Gasteiger partial charge >= 0.3 is 0 Å². The number of carbonyl (C=O) groups is 1. The summed E-state index contributed by atoms with van der Waals surface area (Å²) in [6.45, 7) is 2.07. The van der Waals surface area contributed by atoms with Crippen LogP contribution in [0, 0.1) is 5.92 Å². The SMILES string of the molecule is O=C(NCCc1c[nH]c2ccccc12)C1CCCN(c2nn3c(=O)c4c(nc3s2)CCCC4)C1. The lowest BCUT2D eigenvalue weighted by Crippen LogP contribution is -2.43. The zero-order chi connectivity index (χ0) is 23.1. The molecule has 1 fully saturated rings. The van der Waals surface area contributed by atoms with Gasteiger partial charge in [-0.3, -0.25) is 9.59 Å². The number of fused-ring (bicyclic) bond motifs is 3. The second-order valence-corrected chi connectivity index (χ2v) is 10.2. The Balaban J connectivity index is 1.12. The second-order valence-electron chi connectivity index (χ2n) is 9.31. The Morgan fingerprint density at radius 2 is 2.09 bits per heavy atom. The molecule has 1 amide bonds. The van der Waals surface area contributed by atoms with Crippen molar-refractivity contribution in [1.29, 1.82) is 0 Å². The first-order valence-corrected chi connectivity index (χ1v) is 13.0. The number of amides is 1. The first-order valence-electron chi connectivity index (χ1n) is 12.2. The molecule has 3 aromatic heterocycles. The highest BCUT2D eigenvalue weighted by atomic mass is 32.1. The predicted molar refractivity (Wildman–Crippen MR) is 134 cm³/mol. The lowest BCUT2D eigenvalue weighted by Gasteiger charge is -2.31. The molecule has 4 aromatic rings. The molecule has 0 radical (unpaired) electrons. The van der Waals surface area contributed by atoms with Crippen LogP contribution in [-0.4, -0.2) is 45.1 Å². The van der Waals surface area contributed by atoms with Crippen LogP contribution in [0.2, 0.25) is 0 Å². The van der Waals surface area contributed by atoms with Gasteiger partial charge in [-0.25, -0.2) is 4.98 Å². The van der Waals surface area contributed by atoms with E-state index in [0.717, 1.165) is 73.4 Å². The van der Waals surface area contributed by atoms with Crippen molar-refractivity contribution >= 4 is 38.2 Å². The number of aromatic amines is 1. The molecule has 0 spiro atoms. The molecule has 4 heterocycles. The van der Waals surface area contributed by atoms with Gasteiger partial charge in [-0.15, -0.1) is 5.10 Å². The van der Waals surface area contributed by atoms with Gasteiger partial charge in [0, 0.05) is 42.3 Å². The van der Waals surface area contributed by atoms with Crippen molar-refractivity contribution in [3.05, 3.63) is 57.6 Å². The molecule has 1 aliphatic carbocycles. The third kappa shape index (κ3) is 3.87. The highest BCUT2D eigenvalue weighted by Crippen LogP contribution is 2.28. The summed E-state index contributed by atoms with van der Waals surface area (Å²) in [6.07, 6.45) is 8.41. The van der Waals surface area contributed by atoms with Gasteiger partial charge in [-0.2, -0.15) is 4.52 Å². The van der Waals surface area contributed by atoms with E-state index < -0.39 is 0 Å². The van der Waals surface area contributed by atoms with E-state index in [9.17, 15) is 9.59 Å². The number of carbonyl (C=O) groups excluding carboxylic acids is 1. The zero-order valence-electron chi connectivity index (χ0n) is 19.0. The van der Waals surface area contributed by atoms with Gasteiger partial charge in [0.2, 0.25) is 16.0 Å². The summed E-state index contributed by atoms with van der Waals surface area (Å²) in [5.74, 6) is 0.0121. The average molecular weight is 477 g/mol. The number of hydrogen-bond acceptors (Lipinski definition) is 6. The van der Waals surface area contributed by atoms with Crippen molar-refractivity contribution in [3.63, 3.8) is 0 Å². The van der Waals surface area contributed by atoms with Crippen LogP contribution in [0.5, 0.6) is 0 Å². The van der Waals surface area contributed by atoms with Crippen LogP contribution in [0.25, 0.3) is 15.9 Å². The van der Waals surface area contributed by atoms with E-state index >= 15 is 0 Å². The third-order valence-corrected chi connectivity index (χ3v) is 8.07. The number of benzene rings is 1. The van der Waals surface area contributed by atoms with E-state index in [-0.39, 0.29) is 17.4 Å². The number of H-pyrrole nitrogens is 1. The van der Waals surface area contributed by atoms with Crippen molar-refractivity contribution in [3.8, 4) is 0 Å². The minimum absolute atomic E-state index is 0.0224. The fourth-order valence-electron chi connectivity index (χ4n) is 5.26. The van der Waals surface area contributed by atoms with E-state index in [2.05, 4.69) is 32.4 Å². The number of hydrogen-bond donors (Lipinski definition) is 2. The van der Waals surface area contributed by atoms with Gasteiger partial charge < -0.3 is 15.2 Å². The number of aromatic nitrogens is 4. The molecule has 2 aliphatic rings. The average Bonchev–Trinajstić information content (AvgIpc) is 3.49. The number of nitrogens with zero attached hydrogens (tertiary/aromatic N) is 4. The standard InChI is InChI=1S/C25H28N6O2S/c32-22(26-12-11-16-14-27-20-9-3-1-7-18(16)20)17-6-5-13-30(15-17)25-29-31-23(33)19-8-2-4-10-21(19)28-24(31)34-25/h1,3,7,9,14,17,27H,2,4-6,8,10-13,15H2,(H,26,32). The highest BCUT2D eigenvalue weighted by molar-refractivity contribution is 7.20. The largest absolute Gasteiger partial charge is 0.361 e. The monoisotopic (exact) mass is 476 g/mol. The zero-order valence-corrected chi connectivity index (χ0v) is 19.9. The van der Waals surface area contributed by atoms with Gasteiger partial charge in [0.15, 0.2) is 0 Å². The van der Waals surface area contributed by atoms with Gasteiger partial charge in [0.05, 0.1) is 11.6 Å². The molecule has 1 saturated heterocycles. The van der Waals surface area contributed by atoms with E-state index in [0.29, 0.717) is 18.1 Å². The van der Waals surface area contributed by atoms with E-state index in [1.807, 2.05) is 18.3 Å². The summed E-state index contributed by atoms with van der Waals surface area (Å²) in [5, 5.41) is 9.74. The topological polar surface area (TPSA) is 95.4 Å². The molecule has 176 valence electrons. The van der Waals surface area contributed by atoms with Crippen molar-refractivity contribution < 1.29 is 4.79 Å². The van der Waals surface area contributed by atoms with Crippen LogP contribution in [0.1, 0.15) is 42.5 Å². The van der Waals surface area contributed by atoms with Crippen LogP contribution in [0.3, 0.4) is 0 Å². The Morgan fingerprint density at radius 3 is 3.03 bits per heavy atom. The number of nitrogens with one attached hydrogen (secondary N) is 2. The van der Waals surface area contributed by atoms with Gasteiger partial charge in [0.25, 0.3) is 5.56 Å². The van der Waals surface area contributed by atoms with Crippen molar-refractivity contribution in [1.82, 2.24) is 24.9 Å². The molecule has 0 saturated carbocycles. The van der Waals surface area contributed by atoms with E-state index in [1.54, 1.807) is 0 Å². The lowest BCUT2D eigenvalue weighted by molar-refractivity contribution is -0.125. The molecule has 1 atom stereocenters. The third-order valence-electron chi connectivity index (χ3n) is 7.10. The van der Waals surface area contributed by atoms with Crippen LogP contribution in [0.15, 0.2) is 35.3 Å².